The number of pyridine rings is 1. The van der Waals surface area contributed by atoms with Crippen LogP contribution in [0.3, 0.4) is 0 Å². The van der Waals surface area contributed by atoms with Crippen LogP contribution in [-0.2, 0) is 9.84 Å². The molecule has 0 unspecified atom stereocenters. The molecule has 1 fully saturated rings. The third kappa shape index (κ3) is 1.25. The number of nitrogens with zero attached hydrogens (tertiary/aromatic N) is 1. The summed E-state index contributed by atoms with van der Waals surface area (Å²) in [5.74, 6) is 0. The van der Waals surface area contributed by atoms with Gasteiger partial charge in [-0.2, -0.15) is 0 Å². The second kappa shape index (κ2) is 2.54. The zero-order valence-electron chi connectivity index (χ0n) is 7.40. The first kappa shape index (κ1) is 8.69. The maximum absolute atomic E-state index is 11.9. The summed E-state index contributed by atoms with van der Waals surface area (Å²) in [5, 5.41) is 0.204. The summed E-state index contributed by atoms with van der Waals surface area (Å²) in [6.07, 6.45) is 3.02. The molecule has 0 N–H and O–H groups in total. The van der Waals surface area contributed by atoms with Crippen LogP contribution in [0.15, 0.2) is 29.4 Å². The van der Waals surface area contributed by atoms with Crippen molar-refractivity contribution in [2.75, 3.05) is 0 Å². The Balaban J connectivity index is 2.48. The molecule has 1 aliphatic rings. The molecular weight excluding hydrogens is 186 g/mol. The van der Waals surface area contributed by atoms with Crippen LogP contribution in [0.4, 0.5) is 0 Å². The SMILES string of the molecule is CC1(S(=O)(=O)c2ccccn2)CC1. The summed E-state index contributed by atoms with van der Waals surface area (Å²) in [6, 6.07) is 4.97. The molecule has 0 spiro atoms. The van der Waals surface area contributed by atoms with Gasteiger partial charge in [-0.15, -0.1) is 0 Å². The molecule has 70 valence electrons. The van der Waals surface area contributed by atoms with Crippen LogP contribution in [0.2, 0.25) is 0 Å². The van der Waals surface area contributed by atoms with Gasteiger partial charge in [0.1, 0.15) is 0 Å². The van der Waals surface area contributed by atoms with E-state index in [1.54, 1.807) is 25.1 Å². The molecule has 13 heavy (non-hydrogen) atoms. The largest absolute Gasteiger partial charge is 0.245 e. The number of hydrogen-bond acceptors (Lipinski definition) is 3. The van der Waals surface area contributed by atoms with Crippen LogP contribution >= 0.6 is 0 Å². The maximum Gasteiger partial charge on any atom is 0.201 e. The average Bonchev–Trinajstić information content (AvgIpc) is 2.87. The highest BCUT2D eigenvalue weighted by molar-refractivity contribution is 7.93. The van der Waals surface area contributed by atoms with Crippen molar-refractivity contribution in [1.82, 2.24) is 4.98 Å². The Bertz CT molecular complexity index is 407. The summed E-state index contributed by atoms with van der Waals surface area (Å²) < 4.78 is 23.2. The Labute approximate surface area is 77.7 Å². The molecule has 0 bridgehead atoms. The molecule has 1 heterocycles. The minimum absolute atomic E-state index is 0.204. The van der Waals surface area contributed by atoms with Crippen LogP contribution in [0.25, 0.3) is 0 Å². The summed E-state index contributed by atoms with van der Waals surface area (Å²) in [5.41, 5.74) is 0. The molecule has 4 heteroatoms. The highest BCUT2D eigenvalue weighted by Gasteiger charge is 2.51. The van der Waals surface area contributed by atoms with Crippen LogP contribution < -0.4 is 0 Å². The van der Waals surface area contributed by atoms with E-state index in [0.29, 0.717) is 0 Å². The van der Waals surface area contributed by atoms with Gasteiger partial charge in [-0.1, -0.05) is 6.07 Å². The van der Waals surface area contributed by atoms with Crippen molar-refractivity contribution in [3.8, 4) is 0 Å². The molecule has 1 aliphatic carbocycles. The molecule has 0 amide bonds. The number of hydrogen-bond donors (Lipinski definition) is 0. The Hall–Kier alpha value is -0.900. The zero-order chi connectivity index (χ0) is 9.53. The molecule has 3 nitrogen and oxygen atoms in total. The Morgan fingerprint density at radius 3 is 2.54 bits per heavy atom. The Kier molecular flexibility index (Phi) is 1.70. The van der Waals surface area contributed by atoms with Crippen LogP contribution in [0.5, 0.6) is 0 Å². The number of sulfone groups is 1. The molecule has 1 aromatic heterocycles. The van der Waals surface area contributed by atoms with Crippen molar-refractivity contribution in [2.45, 2.75) is 29.5 Å². The minimum Gasteiger partial charge on any atom is -0.245 e. The standard InChI is InChI=1S/C9H11NO2S/c1-9(5-6-9)13(11,12)8-4-2-3-7-10-8/h2-4,7H,5-6H2,1H3. The average molecular weight is 197 g/mol. The highest BCUT2D eigenvalue weighted by Crippen LogP contribution is 2.45. The van der Waals surface area contributed by atoms with E-state index in [0.717, 1.165) is 12.8 Å². The van der Waals surface area contributed by atoms with Gasteiger partial charge >= 0.3 is 0 Å². The number of rotatable bonds is 2. The maximum atomic E-state index is 11.9. The van der Waals surface area contributed by atoms with E-state index in [4.69, 9.17) is 0 Å². The first-order chi connectivity index (χ1) is 6.06. The predicted octanol–water partition coefficient (Wildman–Crippen LogP) is 1.41. The van der Waals surface area contributed by atoms with Crippen LogP contribution in [-0.4, -0.2) is 18.1 Å². The molecule has 0 aliphatic heterocycles. The zero-order valence-corrected chi connectivity index (χ0v) is 8.21. The first-order valence-corrected chi connectivity index (χ1v) is 5.70. The van der Waals surface area contributed by atoms with Gasteiger partial charge in [0.25, 0.3) is 0 Å². The molecule has 1 saturated carbocycles. The molecule has 1 aromatic rings. The molecule has 2 rings (SSSR count). The van der Waals surface area contributed by atoms with E-state index >= 15 is 0 Å². The van der Waals surface area contributed by atoms with Crippen molar-refractivity contribution in [3.05, 3.63) is 24.4 Å². The summed E-state index contributed by atoms with van der Waals surface area (Å²) in [6.45, 7) is 1.77. The topological polar surface area (TPSA) is 47.0 Å². The van der Waals surface area contributed by atoms with E-state index in [2.05, 4.69) is 4.98 Å². The lowest BCUT2D eigenvalue weighted by molar-refractivity contribution is 0.578. The molecule has 0 saturated heterocycles. The van der Waals surface area contributed by atoms with E-state index in [-0.39, 0.29) is 5.03 Å². The minimum atomic E-state index is -3.18. The lowest BCUT2D eigenvalue weighted by Crippen LogP contribution is -2.20. The second-order valence-corrected chi connectivity index (χ2v) is 6.03. The van der Waals surface area contributed by atoms with Crippen LogP contribution in [0.1, 0.15) is 19.8 Å². The second-order valence-electron chi connectivity index (χ2n) is 3.62. The molecule has 0 atom stereocenters. The third-order valence-corrected chi connectivity index (χ3v) is 5.01. The van der Waals surface area contributed by atoms with Gasteiger partial charge in [0.05, 0.1) is 4.75 Å². The van der Waals surface area contributed by atoms with E-state index in [9.17, 15) is 8.42 Å². The number of aromatic nitrogens is 1. The smallest absolute Gasteiger partial charge is 0.201 e. The van der Waals surface area contributed by atoms with E-state index < -0.39 is 14.6 Å². The van der Waals surface area contributed by atoms with Crippen molar-refractivity contribution < 1.29 is 8.42 Å². The van der Waals surface area contributed by atoms with Crippen molar-refractivity contribution in [3.63, 3.8) is 0 Å². The normalized spacial score (nSPS) is 19.8. The lowest BCUT2D eigenvalue weighted by atomic mass is 10.5. The van der Waals surface area contributed by atoms with Gasteiger partial charge in [-0.05, 0) is 31.9 Å². The third-order valence-electron chi connectivity index (χ3n) is 2.52. The molecular formula is C9H11NO2S. The Morgan fingerprint density at radius 1 is 1.38 bits per heavy atom. The van der Waals surface area contributed by atoms with Crippen molar-refractivity contribution in [1.29, 1.82) is 0 Å². The van der Waals surface area contributed by atoms with Crippen LogP contribution in [0, 0.1) is 0 Å². The van der Waals surface area contributed by atoms with Gasteiger partial charge in [-0.3, -0.25) is 0 Å². The van der Waals surface area contributed by atoms with Gasteiger partial charge in [0, 0.05) is 6.20 Å². The van der Waals surface area contributed by atoms with E-state index in [1.165, 1.54) is 6.20 Å². The fourth-order valence-electron chi connectivity index (χ4n) is 1.20. The van der Waals surface area contributed by atoms with E-state index in [1.807, 2.05) is 0 Å². The first-order valence-electron chi connectivity index (χ1n) is 4.22. The van der Waals surface area contributed by atoms with Gasteiger partial charge in [0.15, 0.2) is 5.03 Å². The van der Waals surface area contributed by atoms with Crippen molar-refractivity contribution in [2.24, 2.45) is 0 Å². The van der Waals surface area contributed by atoms with Gasteiger partial charge < -0.3 is 0 Å². The lowest BCUT2D eigenvalue weighted by Gasteiger charge is -2.08. The molecule has 0 aromatic carbocycles. The van der Waals surface area contributed by atoms with Crippen molar-refractivity contribution >= 4 is 9.84 Å². The van der Waals surface area contributed by atoms with Gasteiger partial charge in [-0.25, -0.2) is 13.4 Å². The summed E-state index contributed by atoms with van der Waals surface area (Å²) >= 11 is 0. The monoisotopic (exact) mass is 197 g/mol. The summed E-state index contributed by atoms with van der Waals surface area (Å²) in [4.78, 5) is 3.87. The summed E-state index contributed by atoms with van der Waals surface area (Å²) in [7, 11) is -3.18. The highest BCUT2D eigenvalue weighted by atomic mass is 32.2. The molecule has 0 radical (unpaired) electrons. The van der Waals surface area contributed by atoms with Gasteiger partial charge in [0.2, 0.25) is 9.84 Å². The fourth-order valence-corrected chi connectivity index (χ4v) is 2.81. The predicted molar refractivity (Wildman–Crippen MR) is 49.1 cm³/mol. The quantitative estimate of drug-likeness (QED) is 0.720. The fraction of sp³-hybridized carbons (Fsp3) is 0.444. The Morgan fingerprint density at radius 2 is 2.08 bits per heavy atom.